The van der Waals surface area contributed by atoms with Gasteiger partial charge < -0.3 is 15.7 Å². The van der Waals surface area contributed by atoms with Crippen LogP contribution in [0, 0.1) is 5.41 Å². The molecule has 19 heavy (non-hydrogen) atoms. The molecule has 1 aliphatic heterocycles. The van der Waals surface area contributed by atoms with Crippen molar-refractivity contribution in [2.24, 2.45) is 5.41 Å². The summed E-state index contributed by atoms with van der Waals surface area (Å²) >= 11 is 0. The van der Waals surface area contributed by atoms with Gasteiger partial charge in [0.1, 0.15) is 0 Å². The van der Waals surface area contributed by atoms with Crippen molar-refractivity contribution >= 4 is 17.3 Å². The fourth-order valence-electron chi connectivity index (χ4n) is 2.63. The zero-order valence-electron chi connectivity index (χ0n) is 11.6. The zero-order chi connectivity index (χ0) is 14.0. The van der Waals surface area contributed by atoms with Gasteiger partial charge in [-0.3, -0.25) is 0 Å². The number of carboxylic acid groups (broad SMARTS) is 1. The molecular formula is C15H22N2O2. The second-order valence-corrected chi connectivity index (χ2v) is 5.73. The zero-order valence-corrected chi connectivity index (χ0v) is 11.6. The van der Waals surface area contributed by atoms with Gasteiger partial charge in [-0.15, -0.1) is 0 Å². The number of piperidine rings is 1. The number of hydrogen-bond acceptors (Lipinski definition) is 3. The Morgan fingerprint density at radius 1 is 1.42 bits per heavy atom. The predicted octanol–water partition coefficient (Wildman–Crippen LogP) is 2.98. The van der Waals surface area contributed by atoms with Crippen LogP contribution < -0.4 is 10.6 Å². The van der Waals surface area contributed by atoms with Crippen molar-refractivity contribution in [1.29, 1.82) is 0 Å². The standard InChI is InChI=1S/C15H22N2O2/c1-3-15(2)6-8-17(9-7-15)13-10-11(16)4-5-12(13)14(18)19/h4-5,10H,3,6-9,16H2,1-2H3,(H,18,19). The molecule has 1 fully saturated rings. The van der Waals surface area contributed by atoms with Crippen LogP contribution in [0.5, 0.6) is 0 Å². The van der Waals surface area contributed by atoms with Gasteiger partial charge in [0.25, 0.3) is 0 Å². The van der Waals surface area contributed by atoms with Gasteiger partial charge in [-0.2, -0.15) is 0 Å². The maximum absolute atomic E-state index is 11.3. The molecule has 0 aliphatic carbocycles. The van der Waals surface area contributed by atoms with E-state index in [0.717, 1.165) is 31.6 Å². The van der Waals surface area contributed by atoms with Gasteiger partial charge in [0, 0.05) is 18.8 Å². The van der Waals surface area contributed by atoms with Crippen molar-refractivity contribution in [3.05, 3.63) is 23.8 Å². The number of carbonyl (C=O) groups is 1. The number of carboxylic acids is 1. The Kier molecular flexibility index (Phi) is 3.69. The van der Waals surface area contributed by atoms with Crippen molar-refractivity contribution in [3.63, 3.8) is 0 Å². The Morgan fingerprint density at radius 3 is 2.58 bits per heavy atom. The lowest BCUT2D eigenvalue weighted by molar-refractivity contribution is 0.0697. The summed E-state index contributed by atoms with van der Waals surface area (Å²) in [5, 5.41) is 9.27. The van der Waals surface area contributed by atoms with Crippen LogP contribution in [0.1, 0.15) is 43.5 Å². The maximum atomic E-state index is 11.3. The fourth-order valence-corrected chi connectivity index (χ4v) is 2.63. The van der Waals surface area contributed by atoms with E-state index in [4.69, 9.17) is 5.73 Å². The summed E-state index contributed by atoms with van der Waals surface area (Å²) in [6, 6.07) is 5.02. The van der Waals surface area contributed by atoms with Crippen LogP contribution in [0.25, 0.3) is 0 Å². The number of benzene rings is 1. The van der Waals surface area contributed by atoms with Crippen LogP contribution in [0.2, 0.25) is 0 Å². The fraction of sp³-hybridized carbons (Fsp3) is 0.533. The summed E-state index contributed by atoms with van der Waals surface area (Å²) in [6.07, 6.45) is 3.36. The van der Waals surface area contributed by atoms with E-state index in [0.29, 0.717) is 16.7 Å². The summed E-state index contributed by atoms with van der Waals surface area (Å²) in [7, 11) is 0. The summed E-state index contributed by atoms with van der Waals surface area (Å²) in [5.41, 5.74) is 7.90. The van der Waals surface area contributed by atoms with Gasteiger partial charge >= 0.3 is 5.97 Å². The van der Waals surface area contributed by atoms with Crippen LogP contribution in [-0.4, -0.2) is 24.2 Å². The van der Waals surface area contributed by atoms with E-state index in [2.05, 4.69) is 18.7 Å². The number of nitrogens with zero attached hydrogens (tertiary/aromatic N) is 1. The highest BCUT2D eigenvalue weighted by Gasteiger charge is 2.29. The lowest BCUT2D eigenvalue weighted by Crippen LogP contribution is -2.39. The van der Waals surface area contributed by atoms with E-state index >= 15 is 0 Å². The quantitative estimate of drug-likeness (QED) is 0.822. The molecule has 0 unspecified atom stereocenters. The summed E-state index contributed by atoms with van der Waals surface area (Å²) in [4.78, 5) is 13.4. The number of nitrogen functional groups attached to an aromatic ring is 1. The van der Waals surface area contributed by atoms with Gasteiger partial charge in [-0.25, -0.2) is 4.79 Å². The van der Waals surface area contributed by atoms with E-state index in [9.17, 15) is 9.90 Å². The van der Waals surface area contributed by atoms with Crippen molar-refractivity contribution in [1.82, 2.24) is 0 Å². The molecule has 0 atom stereocenters. The van der Waals surface area contributed by atoms with Gasteiger partial charge in [0.15, 0.2) is 0 Å². The van der Waals surface area contributed by atoms with Crippen molar-refractivity contribution in [2.75, 3.05) is 23.7 Å². The van der Waals surface area contributed by atoms with Crippen molar-refractivity contribution < 1.29 is 9.90 Å². The SMILES string of the molecule is CCC1(C)CCN(c2cc(N)ccc2C(=O)O)CC1. The minimum atomic E-state index is -0.890. The molecule has 104 valence electrons. The Labute approximate surface area is 114 Å². The van der Waals surface area contributed by atoms with E-state index in [1.54, 1.807) is 18.2 Å². The number of hydrogen-bond donors (Lipinski definition) is 2. The minimum absolute atomic E-state index is 0.342. The highest BCUT2D eigenvalue weighted by molar-refractivity contribution is 5.95. The van der Waals surface area contributed by atoms with Crippen molar-refractivity contribution in [3.8, 4) is 0 Å². The molecule has 1 heterocycles. The van der Waals surface area contributed by atoms with Gasteiger partial charge in [0.05, 0.1) is 11.3 Å². The monoisotopic (exact) mass is 262 g/mol. The summed E-state index contributed by atoms with van der Waals surface area (Å²) in [6.45, 7) is 6.32. The molecule has 0 bridgehead atoms. The molecule has 0 spiro atoms. The molecule has 4 nitrogen and oxygen atoms in total. The molecule has 0 aromatic heterocycles. The molecule has 0 amide bonds. The average Bonchev–Trinajstić information content (AvgIpc) is 2.39. The summed E-state index contributed by atoms with van der Waals surface area (Å²) in [5.74, 6) is -0.890. The number of aromatic carboxylic acids is 1. The number of nitrogens with two attached hydrogens (primary N) is 1. The largest absolute Gasteiger partial charge is 0.478 e. The Balaban J connectivity index is 2.24. The lowest BCUT2D eigenvalue weighted by atomic mass is 9.78. The first-order valence-electron chi connectivity index (χ1n) is 6.83. The smallest absolute Gasteiger partial charge is 0.337 e. The Bertz CT molecular complexity index is 477. The van der Waals surface area contributed by atoms with Gasteiger partial charge in [0.2, 0.25) is 0 Å². The third-order valence-corrected chi connectivity index (χ3v) is 4.42. The van der Waals surface area contributed by atoms with E-state index < -0.39 is 5.97 Å². The van der Waals surface area contributed by atoms with Crippen LogP contribution >= 0.6 is 0 Å². The molecule has 1 aromatic rings. The maximum Gasteiger partial charge on any atom is 0.337 e. The van der Waals surface area contributed by atoms with Crippen LogP contribution in [-0.2, 0) is 0 Å². The molecule has 0 saturated carbocycles. The second-order valence-electron chi connectivity index (χ2n) is 5.73. The average molecular weight is 262 g/mol. The van der Waals surface area contributed by atoms with Gasteiger partial charge in [-0.05, 0) is 36.5 Å². The molecule has 2 rings (SSSR count). The summed E-state index contributed by atoms with van der Waals surface area (Å²) < 4.78 is 0. The van der Waals surface area contributed by atoms with Crippen LogP contribution in [0.15, 0.2) is 18.2 Å². The normalized spacial score (nSPS) is 18.3. The second kappa shape index (κ2) is 5.11. The minimum Gasteiger partial charge on any atom is -0.478 e. The first kappa shape index (κ1) is 13.7. The van der Waals surface area contributed by atoms with Crippen LogP contribution in [0.3, 0.4) is 0 Å². The molecular weight excluding hydrogens is 240 g/mol. The van der Waals surface area contributed by atoms with E-state index in [1.165, 1.54) is 6.42 Å². The predicted molar refractivity (Wildman–Crippen MR) is 77.7 cm³/mol. The molecule has 1 aliphatic rings. The highest BCUT2D eigenvalue weighted by Crippen LogP contribution is 2.36. The lowest BCUT2D eigenvalue weighted by Gasteiger charge is -2.40. The van der Waals surface area contributed by atoms with Gasteiger partial charge in [-0.1, -0.05) is 20.3 Å². The molecule has 3 N–H and O–H groups in total. The third kappa shape index (κ3) is 2.83. The molecule has 1 aromatic carbocycles. The topological polar surface area (TPSA) is 66.6 Å². The van der Waals surface area contributed by atoms with Crippen molar-refractivity contribution in [2.45, 2.75) is 33.1 Å². The first-order valence-corrected chi connectivity index (χ1v) is 6.83. The Morgan fingerprint density at radius 2 is 2.05 bits per heavy atom. The molecule has 0 radical (unpaired) electrons. The third-order valence-electron chi connectivity index (χ3n) is 4.42. The Hall–Kier alpha value is -1.71. The number of rotatable bonds is 3. The van der Waals surface area contributed by atoms with E-state index in [1.807, 2.05) is 0 Å². The molecule has 4 heteroatoms. The van der Waals surface area contributed by atoms with Crippen LogP contribution in [0.4, 0.5) is 11.4 Å². The van der Waals surface area contributed by atoms with E-state index in [-0.39, 0.29) is 0 Å². The molecule has 1 saturated heterocycles. The number of anilines is 2. The highest BCUT2D eigenvalue weighted by atomic mass is 16.4. The first-order chi connectivity index (χ1) is 8.95.